The number of carboxylic acids is 3. The summed E-state index contributed by atoms with van der Waals surface area (Å²) in [5, 5.41) is 23.7. The van der Waals surface area contributed by atoms with Gasteiger partial charge in [0.25, 0.3) is 0 Å². The first-order valence-corrected chi connectivity index (χ1v) is 3.81. The van der Waals surface area contributed by atoms with Gasteiger partial charge in [-0.3, -0.25) is 0 Å². The van der Waals surface area contributed by atoms with Crippen molar-refractivity contribution in [2.45, 2.75) is 13.8 Å². The van der Waals surface area contributed by atoms with Crippen molar-refractivity contribution in [1.29, 1.82) is 0 Å². The third-order valence-electron chi connectivity index (χ3n) is 1.14. The van der Waals surface area contributed by atoms with Crippen LogP contribution in [0.15, 0.2) is 23.8 Å². The SMILES string of the molecule is CC=C(C)C(=O)O.O=C(O)C=CC(=O)O. The van der Waals surface area contributed by atoms with Crippen molar-refractivity contribution in [3.63, 3.8) is 0 Å². The molecule has 0 aromatic heterocycles. The maximum atomic E-state index is 9.86. The Kier molecular flexibility index (Phi) is 8.69. The van der Waals surface area contributed by atoms with Crippen LogP contribution in [0.5, 0.6) is 0 Å². The summed E-state index contributed by atoms with van der Waals surface area (Å²) in [6.45, 7) is 3.26. The fourth-order valence-electron chi connectivity index (χ4n) is 0.266. The van der Waals surface area contributed by atoms with E-state index in [1.54, 1.807) is 19.9 Å². The van der Waals surface area contributed by atoms with E-state index in [-0.39, 0.29) is 0 Å². The van der Waals surface area contributed by atoms with Gasteiger partial charge in [0.1, 0.15) is 0 Å². The topological polar surface area (TPSA) is 112 Å². The summed E-state index contributed by atoms with van der Waals surface area (Å²) >= 11 is 0. The molecular formula is C9H12O6. The highest BCUT2D eigenvalue weighted by Crippen LogP contribution is 1.87. The Morgan fingerprint density at radius 2 is 1.27 bits per heavy atom. The summed E-state index contributed by atoms with van der Waals surface area (Å²) in [6, 6.07) is 0. The summed E-state index contributed by atoms with van der Waals surface area (Å²) in [4.78, 5) is 29.0. The number of hydrogen-bond donors (Lipinski definition) is 3. The first kappa shape index (κ1) is 15.4. The lowest BCUT2D eigenvalue weighted by Crippen LogP contribution is -1.93. The molecule has 0 spiro atoms. The van der Waals surface area contributed by atoms with Crippen LogP contribution >= 0.6 is 0 Å². The van der Waals surface area contributed by atoms with Crippen LogP contribution in [0.3, 0.4) is 0 Å². The van der Waals surface area contributed by atoms with Crippen molar-refractivity contribution in [1.82, 2.24) is 0 Å². The minimum Gasteiger partial charge on any atom is -0.478 e. The number of aliphatic carboxylic acids is 3. The van der Waals surface area contributed by atoms with E-state index in [2.05, 4.69) is 0 Å². The van der Waals surface area contributed by atoms with E-state index in [4.69, 9.17) is 15.3 Å². The molecule has 0 radical (unpaired) electrons. The Bertz CT molecular complexity index is 284. The van der Waals surface area contributed by atoms with Crippen molar-refractivity contribution < 1.29 is 29.7 Å². The molecule has 0 aromatic carbocycles. The molecule has 0 unspecified atom stereocenters. The molecule has 0 amide bonds. The highest BCUT2D eigenvalue weighted by molar-refractivity contribution is 5.89. The lowest BCUT2D eigenvalue weighted by atomic mass is 10.3. The van der Waals surface area contributed by atoms with Gasteiger partial charge in [-0.05, 0) is 13.8 Å². The van der Waals surface area contributed by atoms with Gasteiger partial charge in [0.2, 0.25) is 0 Å². The van der Waals surface area contributed by atoms with Crippen LogP contribution in [-0.4, -0.2) is 33.2 Å². The molecule has 0 atom stereocenters. The number of carboxylic acid groups (broad SMARTS) is 3. The quantitative estimate of drug-likeness (QED) is 0.600. The first-order chi connectivity index (χ1) is 6.81. The van der Waals surface area contributed by atoms with Gasteiger partial charge in [-0.25, -0.2) is 14.4 Å². The molecule has 84 valence electrons. The lowest BCUT2D eigenvalue weighted by molar-refractivity contribution is -0.134. The second-order valence-electron chi connectivity index (χ2n) is 2.29. The van der Waals surface area contributed by atoms with Gasteiger partial charge in [-0.2, -0.15) is 0 Å². The van der Waals surface area contributed by atoms with Crippen LogP contribution in [0.4, 0.5) is 0 Å². The number of allylic oxidation sites excluding steroid dienone is 1. The highest BCUT2D eigenvalue weighted by atomic mass is 16.4. The van der Waals surface area contributed by atoms with Crippen LogP contribution in [0.1, 0.15) is 13.8 Å². The third kappa shape index (κ3) is 14.7. The maximum Gasteiger partial charge on any atom is 0.330 e. The van der Waals surface area contributed by atoms with Gasteiger partial charge in [-0.15, -0.1) is 0 Å². The van der Waals surface area contributed by atoms with Gasteiger partial charge in [0.05, 0.1) is 0 Å². The van der Waals surface area contributed by atoms with E-state index >= 15 is 0 Å². The van der Waals surface area contributed by atoms with Crippen LogP contribution in [0.25, 0.3) is 0 Å². The van der Waals surface area contributed by atoms with E-state index < -0.39 is 17.9 Å². The molecule has 0 aliphatic carbocycles. The molecular weight excluding hydrogens is 204 g/mol. The summed E-state index contributed by atoms with van der Waals surface area (Å²) < 4.78 is 0. The zero-order chi connectivity index (χ0) is 12.4. The largest absolute Gasteiger partial charge is 0.478 e. The Labute approximate surface area is 86.2 Å². The number of hydrogen-bond acceptors (Lipinski definition) is 3. The molecule has 0 heterocycles. The number of rotatable bonds is 3. The molecule has 0 saturated heterocycles. The minimum atomic E-state index is -1.26. The molecule has 0 aliphatic rings. The zero-order valence-corrected chi connectivity index (χ0v) is 8.30. The fourth-order valence-corrected chi connectivity index (χ4v) is 0.266. The second kappa shape index (κ2) is 8.49. The predicted molar refractivity (Wildman–Crippen MR) is 51.5 cm³/mol. The van der Waals surface area contributed by atoms with Crippen LogP contribution in [0.2, 0.25) is 0 Å². The Morgan fingerprint density at radius 1 is 0.933 bits per heavy atom. The Morgan fingerprint density at radius 3 is 1.33 bits per heavy atom. The fraction of sp³-hybridized carbons (Fsp3) is 0.222. The van der Waals surface area contributed by atoms with Crippen molar-refractivity contribution in [2.24, 2.45) is 0 Å². The molecule has 0 aliphatic heterocycles. The van der Waals surface area contributed by atoms with Crippen molar-refractivity contribution in [3.05, 3.63) is 23.8 Å². The maximum absolute atomic E-state index is 9.86. The Balaban J connectivity index is 0. The molecule has 0 aromatic rings. The minimum absolute atomic E-state index is 0.389. The van der Waals surface area contributed by atoms with E-state index in [9.17, 15) is 14.4 Å². The molecule has 15 heavy (non-hydrogen) atoms. The monoisotopic (exact) mass is 216 g/mol. The molecule has 0 fully saturated rings. The predicted octanol–water partition coefficient (Wildman–Crippen LogP) is 0.749. The normalized spacial score (nSPS) is 10.4. The molecule has 0 bridgehead atoms. The number of carbonyl (C=O) groups is 3. The molecule has 0 saturated carbocycles. The summed E-state index contributed by atoms with van der Waals surface area (Å²) in [5.41, 5.74) is 0.389. The summed E-state index contributed by atoms with van der Waals surface area (Å²) in [7, 11) is 0. The van der Waals surface area contributed by atoms with Crippen LogP contribution in [0, 0.1) is 0 Å². The van der Waals surface area contributed by atoms with Gasteiger partial charge in [0.15, 0.2) is 0 Å². The summed E-state index contributed by atoms with van der Waals surface area (Å²) in [5.74, 6) is -3.36. The Hall–Kier alpha value is -2.11. The van der Waals surface area contributed by atoms with Gasteiger partial charge >= 0.3 is 17.9 Å². The smallest absolute Gasteiger partial charge is 0.330 e. The summed E-state index contributed by atoms with van der Waals surface area (Å²) in [6.07, 6.45) is 2.67. The van der Waals surface area contributed by atoms with E-state index in [0.717, 1.165) is 0 Å². The van der Waals surface area contributed by atoms with Crippen LogP contribution < -0.4 is 0 Å². The van der Waals surface area contributed by atoms with E-state index in [0.29, 0.717) is 17.7 Å². The third-order valence-corrected chi connectivity index (χ3v) is 1.14. The van der Waals surface area contributed by atoms with Crippen LogP contribution in [-0.2, 0) is 14.4 Å². The van der Waals surface area contributed by atoms with Crippen molar-refractivity contribution in [3.8, 4) is 0 Å². The molecule has 3 N–H and O–H groups in total. The van der Waals surface area contributed by atoms with Gasteiger partial charge < -0.3 is 15.3 Å². The average Bonchev–Trinajstić information content (AvgIpc) is 2.14. The van der Waals surface area contributed by atoms with Gasteiger partial charge in [0, 0.05) is 17.7 Å². The first-order valence-electron chi connectivity index (χ1n) is 3.81. The zero-order valence-electron chi connectivity index (χ0n) is 8.30. The molecule has 0 rings (SSSR count). The molecule has 6 heteroatoms. The second-order valence-corrected chi connectivity index (χ2v) is 2.29. The van der Waals surface area contributed by atoms with Crippen molar-refractivity contribution in [2.75, 3.05) is 0 Å². The molecule has 6 nitrogen and oxygen atoms in total. The average molecular weight is 216 g/mol. The van der Waals surface area contributed by atoms with E-state index in [1.165, 1.54) is 0 Å². The van der Waals surface area contributed by atoms with Gasteiger partial charge in [-0.1, -0.05) is 6.08 Å². The lowest BCUT2D eigenvalue weighted by Gasteiger charge is -1.84. The highest BCUT2D eigenvalue weighted by Gasteiger charge is 1.93. The standard InChI is InChI=1S/C5H8O2.C4H4O4/c1-3-4(2)5(6)7;5-3(6)1-2-4(7)8/h3H,1-2H3,(H,6,7);1-2H,(H,5,6)(H,7,8). The van der Waals surface area contributed by atoms with E-state index in [1.807, 2.05) is 0 Å². The van der Waals surface area contributed by atoms with Crippen molar-refractivity contribution >= 4 is 17.9 Å².